The molecule has 1 aromatic carbocycles. The molecule has 1 heterocycles. The highest BCUT2D eigenvalue weighted by molar-refractivity contribution is 7.15. The van der Waals surface area contributed by atoms with Gasteiger partial charge in [0.1, 0.15) is 10.8 Å². The Balaban J connectivity index is 1.86. The molecule has 0 aliphatic heterocycles. The van der Waals surface area contributed by atoms with Crippen molar-refractivity contribution in [2.45, 2.75) is 34.1 Å². The Hall–Kier alpha value is -1.95. The summed E-state index contributed by atoms with van der Waals surface area (Å²) in [5.41, 5.74) is 2.18. The van der Waals surface area contributed by atoms with E-state index in [0.717, 1.165) is 22.7 Å². The van der Waals surface area contributed by atoms with Crippen LogP contribution < -0.4 is 10.1 Å². The Kier molecular flexibility index (Phi) is 5.49. The van der Waals surface area contributed by atoms with Crippen molar-refractivity contribution in [2.24, 2.45) is 5.92 Å². The molecule has 0 atom stereocenters. The molecule has 1 N–H and O–H groups in total. The summed E-state index contributed by atoms with van der Waals surface area (Å²) >= 11 is 1.41. The lowest BCUT2D eigenvalue weighted by Gasteiger charge is -2.09. The van der Waals surface area contributed by atoms with E-state index in [4.69, 9.17) is 4.74 Å². The predicted octanol–water partition coefficient (Wildman–Crippen LogP) is 3.37. The molecule has 6 heteroatoms. The van der Waals surface area contributed by atoms with Gasteiger partial charge in [-0.3, -0.25) is 10.1 Å². The van der Waals surface area contributed by atoms with Gasteiger partial charge in [0.15, 0.2) is 6.61 Å². The van der Waals surface area contributed by atoms with Crippen LogP contribution in [-0.4, -0.2) is 22.7 Å². The van der Waals surface area contributed by atoms with Crippen LogP contribution in [0.1, 0.15) is 30.0 Å². The lowest BCUT2D eigenvalue weighted by molar-refractivity contribution is -0.118. The van der Waals surface area contributed by atoms with E-state index in [1.807, 2.05) is 32.0 Å². The molecule has 0 aliphatic rings. The molecular weight excluding hydrogens is 298 g/mol. The van der Waals surface area contributed by atoms with Crippen molar-refractivity contribution in [2.75, 3.05) is 11.9 Å². The number of aryl methyl sites for hydroxylation is 2. The van der Waals surface area contributed by atoms with Crippen LogP contribution in [0, 0.1) is 19.8 Å². The normalized spacial score (nSPS) is 10.8. The summed E-state index contributed by atoms with van der Waals surface area (Å²) < 4.78 is 5.54. The van der Waals surface area contributed by atoms with E-state index in [9.17, 15) is 4.79 Å². The number of nitrogens with zero attached hydrogens (tertiary/aromatic N) is 2. The fraction of sp³-hybridized carbons (Fsp3) is 0.438. The highest BCUT2D eigenvalue weighted by Gasteiger charge is 2.10. The average Bonchev–Trinajstić information content (AvgIpc) is 2.84. The minimum absolute atomic E-state index is 0.0387. The molecule has 0 spiro atoms. The van der Waals surface area contributed by atoms with Gasteiger partial charge in [-0.2, -0.15) is 0 Å². The van der Waals surface area contributed by atoms with Crippen molar-refractivity contribution in [3.8, 4) is 5.75 Å². The summed E-state index contributed by atoms with van der Waals surface area (Å²) in [6.45, 7) is 8.19. The van der Waals surface area contributed by atoms with E-state index in [1.165, 1.54) is 16.9 Å². The first-order chi connectivity index (χ1) is 10.4. The largest absolute Gasteiger partial charge is 0.483 e. The maximum absolute atomic E-state index is 11.9. The summed E-state index contributed by atoms with van der Waals surface area (Å²) in [4.78, 5) is 11.9. The first-order valence-electron chi connectivity index (χ1n) is 7.26. The lowest BCUT2D eigenvalue weighted by atomic mass is 10.1. The molecule has 5 nitrogen and oxygen atoms in total. The number of carbonyl (C=O) groups excluding carboxylic acids is 1. The van der Waals surface area contributed by atoms with Crippen molar-refractivity contribution in [1.29, 1.82) is 0 Å². The molecule has 2 aromatic rings. The summed E-state index contributed by atoms with van der Waals surface area (Å²) in [5.74, 6) is 1.01. The maximum atomic E-state index is 11.9. The van der Waals surface area contributed by atoms with Crippen molar-refractivity contribution in [3.63, 3.8) is 0 Å². The molecule has 0 bridgehead atoms. The van der Waals surface area contributed by atoms with Crippen LogP contribution in [0.25, 0.3) is 0 Å². The SMILES string of the molecule is Cc1ccc(OCC(=O)Nc2nnc(CC(C)C)s2)c(C)c1. The van der Waals surface area contributed by atoms with Crippen LogP contribution in [0.2, 0.25) is 0 Å². The van der Waals surface area contributed by atoms with Crippen LogP contribution in [0.5, 0.6) is 5.75 Å². The van der Waals surface area contributed by atoms with Crippen LogP contribution in [-0.2, 0) is 11.2 Å². The van der Waals surface area contributed by atoms with Crippen LogP contribution in [0.3, 0.4) is 0 Å². The monoisotopic (exact) mass is 319 g/mol. The van der Waals surface area contributed by atoms with E-state index >= 15 is 0 Å². The van der Waals surface area contributed by atoms with Gasteiger partial charge >= 0.3 is 0 Å². The average molecular weight is 319 g/mol. The number of ether oxygens (including phenoxy) is 1. The number of hydrogen-bond donors (Lipinski definition) is 1. The van der Waals surface area contributed by atoms with E-state index in [1.54, 1.807) is 0 Å². The molecule has 0 radical (unpaired) electrons. The van der Waals surface area contributed by atoms with Gasteiger partial charge in [0.05, 0.1) is 0 Å². The van der Waals surface area contributed by atoms with Crippen molar-refractivity contribution < 1.29 is 9.53 Å². The summed E-state index contributed by atoms with van der Waals surface area (Å²) in [7, 11) is 0. The number of rotatable bonds is 6. The predicted molar refractivity (Wildman–Crippen MR) is 88.5 cm³/mol. The first kappa shape index (κ1) is 16.4. The first-order valence-corrected chi connectivity index (χ1v) is 8.08. The molecular formula is C16H21N3O2S. The molecule has 0 saturated carbocycles. The third-order valence-electron chi connectivity index (χ3n) is 2.99. The van der Waals surface area contributed by atoms with E-state index in [2.05, 4.69) is 29.4 Å². The number of hydrogen-bond acceptors (Lipinski definition) is 5. The molecule has 1 aromatic heterocycles. The lowest BCUT2D eigenvalue weighted by Crippen LogP contribution is -2.20. The second-order valence-electron chi connectivity index (χ2n) is 5.70. The maximum Gasteiger partial charge on any atom is 0.264 e. The Morgan fingerprint density at radius 1 is 1.32 bits per heavy atom. The minimum Gasteiger partial charge on any atom is -0.483 e. The van der Waals surface area contributed by atoms with Gasteiger partial charge in [-0.15, -0.1) is 10.2 Å². The molecule has 118 valence electrons. The molecule has 22 heavy (non-hydrogen) atoms. The fourth-order valence-electron chi connectivity index (χ4n) is 2.00. The molecule has 0 saturated heterocycles. The minimum atomic E-state index is -0.229. The smallest absolute Gasteiger partial charge is 0.264 e. The van der Waals surface area contributed by atoms with Crippen molar-refractivity contribution in [3.05, 3.63) is 34.3 Å². The van der Waals surface area contributed by atoms with Gasteiger partial charge in [0.25, 0.3) is 5.91 Å². The van der Waals surface area contributed by atoms with Gasteiger partial charge in [0, 0.05) is 6.42 Å². The van der Waals surface area contributed by atoms with Crippen LogP contribution in [0.15, 0.2) is 18.2 Å². The summed E-state index contributed by atoms with van der Waals surface area (Å²) in [6, 6.07) is 5.86. The molecule has 0 fully saturated rings. The zero-order valence-corrected chi connectivity index (χ0v) is 14.2. The summed E-state index contributed by atoms with van der Waals surface area (Å²) in [5, 5.41) is 12.2. The van der Waals surface area contributed by atoms with E-state index < -0.39 is 0 Å². The fourth-order valence-corrected chi connectivity index (χ4v) is 2.96. The van der Waals surface area contributed by atoms with Gasteiger partial charge in [-0.05, 0) is 31.4 Å². The second-order valence-corrected chi connectivity index (χ2v) is 6.77. The molecule has 1 amide bonds. The van der Waals surface area contributed by atoms with Crippen LogP contribution >= 0.6 is 11.3 Å². The number of anilines is 1. The Labute approximate surface area is 134 Å². The Bertz CT molecular complexity index is 653. The number of amides is 1. The summed E-state index contributed by atoms with van der Waals surface area (Å²) in [6.07, 6.45) is 0.868. The third kappa shape index (κ3) is 4.80. The quantitative estimate of drug-likeness (QED) is 0.886. The number of aromatic nitrogens is 2. The van der Waals surface area contributed by atoms with E-state index in [-0.39, 0.29) is 12.5 Å². The third-order valence-corrected chi connectivity index (χ3v) is 3.85. The van der Waals surface area contributed by atoms with Gasteiger partial charge in [-0.1, -0.05) is 42.9 Å². The number of carbonyl (C=O) groups is 1. The molecule has 0 unspecified atom stereocenters. The standard InChI is InChI=1S/C16H21N3O2S/c1-10(2)7-15-18-19-16(22-15)17-14(20)9-21-13-6-5-11(3)8-12(13)4/h5-6,8,10H,7,9H2,1-4H3,(H,17,19,20). The van der Waals surface area contributed by atoms with Gasteiger partial charge < -0.3 is 4.74 Å². The van der Waals surface area contributed by atoms with Crippen LogP contribution in [0.4, 0.5) is 5.13 Å². The van der Waals surface area contributed by atoms with E-state index in [0.29, 0.717) is 11.0 Å². The highest BCUT2D eigenvalue weighted by Crippen LogP contribution is 2.20. The topological polar surface area (TPSA) is 64.1 Å². The molecule has 2 rings (SSSR count). The zero-order chi connectivity index (χ0) is 16.1. The number of nitrogens with one attached hydrogen (secondary N) is 1. The zero-order valence-electron chi connectivity index (χ0n) is 13.3. The Morgan fingerprint density at radius 2 is 2.09 bits per heavy atom. The van der Waals surface area contributed by atoms with Gasteiger partial charge in [0.2, 0.25) is 5.13 Å². The van der Waals surface area contributed by atoms with Crippen molar-refractivity contribution >= 4 is 22.4 Å². The van der Waals surface area contributed by atoms with Gasteiger partial charge in [-0.25, -0.2) is 0 Å². The van der Waals surface area contributed by atoms with Crippen molar-refractivity contribution in [1.82, 2.24) is 10.2 Å². The molecule has 0 aliphatic carbocycles. The highest BCUT2D eigenvalue weighted by atomic mass is 32.1. The second kappa shape index (κ2) is 7.35. The Morgan fingerprint density at radius 3 is 2.77 bits per heavy atom. The number of benzene rings is 1.